The number of rotatable bonds is 1. The minimum Gasteiger partial charge on any atom is -0.467 e. The van der Waals surface area contributed by atoms with Gasteiger partial charge in [0.1, 0.15) is 11.4 Å². The normalized spacial score (nSPS) is 14.4. The summed E-state index contributed by atoms with van der Waals surface area (Å²) in [5.41, 5.74) is 3.31. The van der Waals surface area contributed by atoms with Crippen molar-refractivity contribution in [3.8, 4) is 0 Å². The monoisotopic (exact) mass is 374 g/mol. The number of hydrogen-bond acceptors (Lipinski definition) is 4. The summed E-state index contributed by atoms with van der Waals surface area (Å²) in [6, 6.07) is 5.66. The standard InChI is InChI=1S/C16H15BrN4O2/c1-10-9-23-14-5-6-21(19(2)15(10)14)16(22)13-7-12-4-3-11(17)8-20(12)18-13/h3-4,7-9H,5-6H2,1-2H3. The lowest BCUT2D eigenvalue weighted by Crippen LogP contribution is -2.48. The molecule has 1 aliphatic heterocycles. The molecule has 7 heteroatoms. The van der Waals surface area contributed by atoms with Crippen molar-refractivity contribution in [3.63, 3.8) is 0 Å². The molecule has 0 aromatic carbocycles. The molecule has 0 aliphatic carbocycles. The Morgan fingerprint density at radius 2 is 2.22 bits per heavy atom. The molecule has 3 aromatic rings. The summed E-state index contributed by atoms with van der Waals surface area (Å²) in [6.07, 6.45) is 4.28. The first kappa shape index (κ1) is 14.3. The molecule has 23 heavy (non-hydrogen) atoms. The Kier molecular flexibility index (Phi) is 3.19. The first-order valence-electron chi connectivity index (χ1n) is 7.32. The zero-order chi connectivity index (χ0) is 16.1. The highest BCUT2D eigenvalue weighted by Gasteiger charge is 2.30. The van der Waals surface area contributed by atoms with Crippen molar-refractivity contribution < 1.29 is 9.21 Å². The summed E-state index contributed by atoms with van der Waals surface area (Å²) in [7, 11) is 1.88. The van der Waals surface area contributed by atoms with Crippen molar-refractivity contribution in [1.82, 2.24) is 14.6 Å². The summed E-state index contributed by atoms with van der Waals surface area (Å²) >= 11 is 3.41. The molecule has 0 bridgehead atoms. The van der Waals surface area contributed by atoms with E-state index in [-0.39, 0.29) is 5.91 Å². The summed E-state index contributed by atoms with van der Waals surface area (Å²) < 4.78 is 8.17. The molecule has 1 amide bonds. The molecule has 4 heterocycles. The summed E-state index contributed by atoms with van der Waals surface area (Å²) in [5, 5.41) is 7.97. The van der Waals surface area contributed by atoms with Crippen molar-refractivity contribution in [3.05, 3.63) is 52.1 Å². The van der Waals surface area contributed by atoms with Gasteiger partial charge in [-0.25, -0.2) is 9.52 Å². The summed E-state index contributed by atoms with van der Waals surface area (Å²) in [5.74, 6) is 0.812. The number of carbonyl (C=O) groups excluding carboxylic acids is 1. The molecular weight excluding hydrogens is 360 g/mol. The number of anilines is 1. The average Bonchev–Trinajstić information content (AvgIpc) is 3.11. The van der Waals surface area contributed by atoms with Crippen LogP contribution in [0.25, 0.3) is 5.52 Å². The molecule has 118 valence electrons. The Hall–Kier alpha value is -2.28. The third-order valence-electron chi connectivity index (χ3n) is 4.13. The van der Waals surface area contributed by atoms with Crippen LogP contribution in [-0.4, -0.2) is 34.1 Å². The van der Waals surface area contributed by atoms with Crippen LogP contribution in [0.2, 0.25) is 0 Å². The van der Waals surface area contributed by atoms with E-state index in [0.717, 1.165) is 27.0 Å². The van der Waals surface area contributed by atoms with Crippen LogP contribution in [0.3, 0.4) is 0 Å². The Bertz CT molecular complexity index is 914. The van der Waals surface area contributed by atoms with Gasteiger partial charge in [-0.15, -0.1) is 0 Å². The average molecular weight is 375 g/mol. The molecule has 0 fully saturated rings. The van der Waals surface area contributed by atoms with E-state index in [1.165, 1.54) is 0 Å². The van der Waals surface area contributed by atoms with Crippen LogP contribution in [0.5, 0.6) is 0 Å². The number of fused-ring (bicyclic) bond motifs is 2. The zero-order valence-electron chi connectivity index (χ0n) is 12.8. The third kappa shape index (κ3) is 2.23. The second-order valence-electron chi connectivity index (χ2n) is 5.64. The fourth-order valence-corrected chi connectivity index (χ4v) is 3.34. The maximum atomic E-state index is 12.9. The zero-order valence-corrected chi connectivity index (χ0v) is 14.4. The minimum atomic E-state index is -0.112. The molecule has 1 aliphatic rings. The van der Waals surface area contributed by atoms with Crippen molar-refractivity contribution in [2.75, 3.05) is 18.6 Å². The molecule has 0 saturated carbocycles. The van der Waals surface area contributed by atoms with E-state index in [4.69, 9.17) is 4.42 Å². The molecule has 4 rings (SSSR count). The molecule has 0 radical (unpaired) electrons. The lowest BCUT2D eigenvalue weighted by molar-refractivity contribution is 0.0728. The predicted octanol–water partition coefficient (Wildman–Crippen LogP) is 3.05. The number of furan rings is 1. The van der Waals surface area contributed by atoms with Gasteiger partial charge < -0.3 is 4.42 Å². The SMILES string of the molecule is Cc1coc2c1N(C)N(C(=O)c1cc3ccc(Br)cn3n1)CC2. The van der Waals surface area contributed by atoms with Crippen molar-refractivity contribution in [1.29, 1.82) is 0 Å². The fraction of sp³-hybridized carbons (Fsp3) is 0.250. The van der Waals surface area contributed by atoms with E-state index < -0.39 is 0 Å². The number of nitrogens with zero attached hydrogens (tertiary/aromatic N) is 4. The van der Waals surface area contributed by atoms with Crippen LogP contribution in [-0.2, 0) is 6.42 Å². The largest absolute Gasteiger partial charge is 0.467 e. The van der Waals surface area contributed by atoms with Crippen LogP contribution >= 0.6 is 15.9 Å². The minimum absolute atomic E-state index is 0.112. The van der Waals surface area contributed by atoms with Crippen LogP contribution in [0, 0.1) is 6.92 Å². The lowest BCUT2D eigenvalue weighted by atomic mass is 10.2. The van der Waals surface area contributed by atoms with E-state index in [1.807, 2.05) is 37.3 Å². The number of hydrogen-bond donors (Lipinski definition) is 0. The van der Waals surface area contributed by atoms with Gasteiger partial charge in [-0.2, -0.15) is 5.10 Å². The third-order valence-corrected chi connectivity index (χ3v) is 4.60. The molecule has 6 nitrogen and oxygen atoms in total. The van der Waals surface area contributed by atoms with E-state index in [1.54, 1.807) is 21.9 Å². The van der Waals surface area contributed by atoms with Crippen molar-refractivity contribution >= 4 is 33.0 Å². The first-order valence-corrected chi connectivity index (χ1v) is 8.11. The number of hydrazine groups is 1. The number of aromatic nitrogens is 2. The Balaban J connectivity index is 1.69. The van der Waals surface area contributed by atoms with E-state index >= 15 is 0 Å². The smallest absolute Gasteiger partial charge is 0.292 e. The highest BCUT2D eigenvalue weighted by Crippen LogP contribution is 2.32. The quantitative estimate of drug-likeness (QED) is 0.656. The van der Waals surface area contributed by atoms with Crippen LogP contribution in [0.15, 0.2) is 39.5 Å². The Morgan fingerprint density at radius 3 is 3.04 bits per heavy atom. The van der Waals surface area contributed by atoms with E-state index in [0.29, 0.717) is 18.7 Å². The molecule has 3 aromatic heterocycles. The second kappa shape index (κ2) is 5.13. The topological polar surface area (TPSA) is 54.0 Å². The molecule has 0 saturated heterocycles. The predicted molar refractivity (Wildman–Crippen MR) is 89.5 cm³/mol. The fourth-order valence-electron chi connectivity index (χ4n) is 3.02. The lowest BCUT2D eigenvalue weighted by Gasteiger charge is -2.36. The molecule has 0 spiro atoms. The van der Waals surface area contributed by atoms with Crippen molar-refractivity contribution in [2.45, 2.75) is 13.3 Å². The summed E-state index contributed by atoms with van der Waals surface area (Å²) in [6.45, 7) is 2.56. The Labute approximate surface area is 141 Å². The second-order valence-corrected chi connectivity index (χ2v) is 6.55. The van der Waals surface area contributed by atoms with Gasteiger partial charge >= 0.3 is 0 Å². The number of aryl methyl sites for hydroxylation is 1. The van der Waals surface area contributed by atoms with Gasteiger partial charge in [0.15, 0.2) is 5.69 Å². The molecular formula is C16H15BrN4O2. The maximum Gasteiger partial charge on any atom is 0.292 e. The maximum absolute atomic E-state index is 12.9. The number of carbonyl (C=O) groups is 1. The van der Waals surface area contributed by atoms with Crippen molar-refractivity contribution in [2.24, 2.45) is 0 Å². The number of halogens is 1. The molecule has 0 atom stereocenters. The van der Waals surface area contributed by atoms with Crippen LogP contribution in [0.4, 0.5) is 5.69 Å². The summed E-state index contributed by atoms with van der Waals surface area (Å²) in [4.78, 5) is 12.9. The first-order chi connectivity index (χ1) is 11.0. The molecule has 0 unspecified atom stereocenters. The van der Waals surface area contributed by atoms with Gasteiger partial charge in [-0.1, -0.05) is 0 Å². The van der Waals surface area contributed by atoms with Gasteiger partial charge in [0.25, 0.3) is 5.91 Å². The number of amides is 1. The highest BCUT2D eigenvalue weighted by atomic mass is 79.9. The van der Waals surface area contributed by atoms with Crippen LogP contribution < -0.4 is 5.01 Å². The number of pyridine rings is 1. The highest BCUT2D eigenvalue weighted by molar-refractivity contribution is 9.10. The van der Waals surface area contributed by atoms with Gasteiger partial charge in [-0.05, 0) is 41.1 Å². The van der Waals surface area contributed by atoms with E-state index in [9.17, 15) is 4.79 Å². The van der Waals surface area contributed by atoms with Gasteiger partial charge in [0, 0.05) is 29.7 Å². The van der Waals surface area contributed by atoms with Crippen LogP contribution in [0.1, 0.15) is 21.8 Å². The van der Waals surface area contributed by atoms with Gasteiger partial charge in [0.05, 0.1) is 18.3 Å². The Morgan fingerprint density at radius 1 is 1.39 bits per heavy atom. The molecule has 0 N–H and O–H groups in total. The van der Waals surface area contributed by atoms with Gasteiger partial charge in [-0.3, -0.25) is 9.80 Å². The van der Waals surface area contributed by atoms with E-state index in [2.05, 4.69) is 21.0 Å². The van der Waals surface area contributed by atoms with Gasteiger partial charge in [0.2, 0.25) is 0 Å².